The summed E-state index contributed by atoms with van der Waals surface area (Å²) in [7, 11) is 0. The predicted octanol–water partition coefficient (Wildman–Crippen LogP) is 6.94. The minimum atomic E-state index is 0.783. The molecule has 0 aromatic rings. The lowest BCUT2D eigenvalue weighted by Crippen LogP contribution is -2.03. The zero-order valence-electron chi connectivity index (χ0n) is 14.8. The van der Waals surface area contributed by atoms with Gasteiger partial charge < -0.3 is 0 Å². The zero-order valence-corrected chi connectivity index (χ0v) is 14.8. The Balaban J connectivity index is 0.00000106. The van der Waals surface area contributed by atoms with Gasteiger partial charge in [0, 0.05) is 0 Å². The number of rotatable bonds is 0. The van der Waals surface area contributed by atoms with Crippen molar-refractivity contribution in [2.45, 2.75) is 72.6 Å². The van der Waals surface area contributed by atoms with E-state index in [9.17, 15) is 0 Å². The van der Waals surface area contributed by atoms with Gasteiger partial charge in [0.1, 0.15) is 0 Å². The van der Waals surface area contributed by atoms with Crippen LogP contribution in [-0.2, 0) is 0 Å². The second-order valence-corrected chi connectivity index (χ2v) is 6.97. The second-order valence-electron chi connectivity index (χ2n) is 6.97. The second kappa shape index (κ2) is 10.0. The molecule has 120 valence electrons. The van der Waals surface area contributed by atoms with Crippen LogP contribution >= 0.6 is 0 Å². The SMILES string of the molecule is C=C1/C=C/C[C@@H]2C[C@@H](C)CC2/C=C/CCCC(C)C1.CC. The molecule has 0 nitrogen and oxygen atoms in total. The van der Waals surface area contributed by atoms with E-state index in [1.807, 2.05) is 13.8 Å². The van der Waals surface area contributed by atoms with Crippen LogP contribution in [0.25, 0.3) is 0 Å². The third-order valence-electron chi connectivity index (χ3n) is 4.84. The summed E-state index contributed by atoms with van der Waals surface area (Å²) in [5.41, 5.74) is 1.32. The van der Waals surface area contributed by atoms with Crippen LogP contribution in [0.5, 0.6) is 0 Å². The van der Waals surface area contributed by atoms with Crippen molar-refractivity contribution >= 4 is 0 Å². The van der Waals surface area contributed by atoms with Gasteiger partial charge in [-0.15, -0.1) is 0 Å². The number of fused-ring (bicyclic) bond motifs is 1. The highest BCUT2D eigenvalue weighted by Crippen LogP contribution is 2.39. The largest absolute Gasteiger partial charge is 0.0958 e. The van der Waals surface area contributed by atoms with E-state index in [0.29, 0.717) is 0 Å². The molecule has 0 spiro atoms. The smallest absolute Gasteiger partial charge is 0.0200 e. The average molecular weight is 289 g/mol. The molecule has 2 unspecified atom stereocenters. The van der Waals surface area contributed by atoms with Gasteiger partial charge in [0.25, 0.3) is 0 Å². The van der Waals surface area contributed by atoms with Crippen LogP contribution in [0.2, 0.25) is 0 Å². The molecular formula is C21H36. The summed E-state index contributed by atoms with van der Waals surface area (Å²) in [6.07, 6.45) is 18.8. The van der Waals surface area contributed by atoms with Crippen LogP contribution in [0.15, 0.2) is 36.5 Å². The summed E-state index contributed by atoms with van der Waals surface area (Å²) >= 11 is 0. The van der Waals surface area contributed by atoms with E-state index in [2.05, 4.69) is 44.7 Å². The Hall–Kier alpha value is -0.780. The van der Waals surface area contributed by atoms with Crippen molar-refractivity contribution in [3.8, 4) is 0 Å². The van der Waals surface area contributed by atoms with Crippen molar-refractivity contribution in [1.29, 1.82) is 0 Å². The molecule has 0 amide bonds. The molecule has 2 rings (SSSR count). The molecular weight excluding hydrogens is 252 g/mol. The maximum Gasteiger partial charge on any atom is -0.0200 e. The van der Waals surface area contributed by atoms with Crippen LogP contribution in [0, 0.1) is 23.7 Å². The Labute approximate surface area is 133 Å². The van der Waals surface area contributed by atoms with Crippen LogP contribution < -0.4 is 0 Å². The normalized spacial score (nSPS) is 37.0. The van der Waals surface area contributed by atoms with Gasteiger partial charge in [-0.3, -0.25) is 0 Å². The molecule has 0 saturated heterocycles. The Morgan fingerprint density at radius 3 is 2.57 bits per heavy atom. The first kappa shape index (κ1) is 18.3. The van der Waals surface area contributed by atoms with Gasteiger partial charge in [-0.25, -0.2) is 0 Å². The first-order chi connectivity index (χ1) is 10.1. The summed E-state index contributed by atoms with van der Waals surface area (Å²) in [5, 5.41) is 0. The van der Waals surface area contributed by atoms with Gasteiger partial charge in [0.2, 0.25) is 0 Å². The quantitative estimate of drug-likeness (QED) is 0.423. The van der Waals surface area contributed by atoms with Crippen molar-refractivity contribution in [2.75, 3.05) is 0 Å². The van der Waals surface area contributed by atoms with E-state index in [1.165, 1.54) is 50.5 Å². The molecule has 0 radical (unpaired) electrons. The Morgan fingerprint density at radius 1 is 1.05 bits per heavy atom. The molecule has 1 saturated carbocycles. The van der Waals surface area contributed by atoms with Gasteiger partial charge >= 0.3 is 0 Å². The molecule has 2 aliphatic rings. The predicted molar refractivity (Wildman–Crippen MR) is 96.4 cm³/mol. The maximum atomic E-state index is 4.21. The van der Waals surface area contributed by atoms with E-state index in [1.54, 1.807) is 0 Å². The molecule has 0 N–H and O–H groups in total. The maximum absolute atomic E-state index is 4.21. The summed E-state index contributed by atoms with van der Waals surface area (Å²) in [6, 6.07) is 0. The number of hydrogen-bond acceptors (Lipinski definition) is 0. The first-order valence-electron chi connectivity index (χ1n) is 9.16. The number of hydrogen-bond donors (Lipinski definition) is 0. The molecule has 2 aliphatic carbocycles. The Morgan fingerprint density at radius 2 is 1.81 bits per heavy atom. The van der Waals surface area contributed by atoms with Crippen LogP contribution in [0.4, 0.5) is 0 Å². The molecule has 0 bridgehead atoms. The average Bonchev–Trinajstić information content (AvgIpc) is 2.80. The Kier molecular flexibility index (Phi) is 8.73. The lowest BCUT2D eigenvalue weighted by atomic mass is 9.92. The zero-order chi connectivity index (χ0) is 15.7. The van der Waals surface area contributed by atoms with Crippen molar-refractivity contribution in [3.63, 3.8) is 0 Å². The van der Waals surface area contributed by atoms with Gasteiger partial charge in [-0.1, -0.05) is 70.6 Å². The van der Waals surface area contributed by atoms with Gasteiger partial charge in [-0.05, 0) is 62.2 Å². The van der Waals surface area contributed by atoms with Crippen LogP contribution in [0.1, 0.15) is 72.6 Å². The van der Waals surface area contributed by atoms with E-state index in [-0.39, 0.29) is 0 Å². The lowest BCUT2D eigenvalue weighted by molar-refractivity contribution is 0.460. The molecule has 21 heavy (non-hydrogen) atoms. The molecule has 0 heteroatoms. The van der Waals surface area contributed by atoms with Crippen molar-refractivity contribution in [3.05, 3.63) is 36.5 Å². The molecule has 1 fully saturated rings. The van der Waals surface area contributed by atoms with Gasteiger partial charge in [-0.2, -0.15) is 0 Å². The minimum Gasteiger partial charge on any atom is -0.0958 e. The Bertz CT molecular complexity index is 347. The first-order valence-corrected chi connectivity index (χ1v) is 9.16. The van der Waals surface area contributed by atoms with Crippen molar-refractivity contribution in [2.24, 2.45) is 23.7 Å². The third-order valence-corrected chi connectivity index (χ3v) is 4.84. The van der Waals surface area contributed by atoms with Crippen LogP contribution in [0.3, 0.4) is 0 Å². The van der Waals surface area contributed by atoms with E-state index >= 15 is 0 Å². The van der Waals surface area contributed by atoms with E-state index < -0.39 is 0 Å². The minimum absolute atomic E-state index is 0.783. The molecule has 0 aliphatic heterocycles. The highest BCUT2D eigenvalue weighted by atomic mass is 14.3. The lowest BCUT2D eigenvalue weighted by Gasteiger charge is -2.13. The monoisotopic (exact) mass is 288 g/mol. The van der Waals surface area contributed by atoms with E-state index in [4.69, 9.17) is 0 Å². The highest BCUT2D eigenvalue weighted by Gasteiger charge is 2.29. The summed E-state index contributed by atoms with van der Waals surface area (Å²) in [6.45, 7) is 13.0. The standard InChI is InChI=1S/C19H30.C2H6/c1-15-8-5-4-6-10-18-13-17(3)14-19(18)11-7-9-16(2)12-15;1-2/h6-7,9-10,15,17-19H,2,4-5,8,11-14H2,1,3H3;1-2H3/b9-7+,10-6+;/t15?,17-,18?,19+;/m0./s1. The van der Waals surface area contributed by atoms with E-state index in [0.717, 1.165) is 23.7 Å². The van der Waals surface area contributed by atoms with Crippen LogP contribution in [-0.4, -0.2) is 0 Å². The fourth-order valence-corrected chi connectivity index (χ4v) is 3.83. The van der Waals surface area contributed by atoms with Crippen molar-refractivity contribution in [1.82, 2.24) is 0 Å². The van der Waals surface area contributed by atoms with Crippen molar-refractivity contribution < 1.29 is 0 Å². The molecule has 4 atom stereocenters. The van der Waals surface area contributed by atoms with Gasteiger partial charge in [0.15, 0.2) is 0 Å². The fraction of sp³-hybridized carbons (Fsp3) is 0.714. The number of allylic oxidation sites excluding steroid dienone is 5. The summed E-state index contributed by atoms with van der Waals surface area (Å²) in [5.74, 6) is 3.38. The fourth-order valence-electron chi connectivity index (χ4n) is 3.83. The molecule has 0 aromatic carbocycles. The van der Waals surface area contributed by atoms with Gasteiger partial charge in [0.05, 0.1) is 0 Å². The highest BCUT2D eigenvalue weighted by molar-refractivity contribution is 5.15. The molecule has 0 heterocycles. The molecule has 0 aromatic heterocycles. The topological polar surface area (TPSA) is 0 Å². The third kappa shape index (κ3) is 6.68. The summed E-state index contributed by atoms with van der Waals surface area (Å²) in [4.78, 5) is 0. The summed E-state index contributed by atoms with van der Waals surface area (Å²) < 4.78 is 0.